The Kier molecular flexibility index (Phi) is 5.81. The molecule has 10 heteroatoms. The Hall–Kier alpha value is -2.78. The molecule has 0 spiro atoms. The lowest BCUT2D eigenvalue weighted by atomic mass is 9.85. The number of hydrazone groups is 1. The van der Waals surface area contributed by atoms with Crippen molar-refractivity contribution in [1.29, 1.82) is 0 Å². The molecule has 1 saturated carbocycles. The van der Waals surface area contributed by atoms with Gasteiger partial charge in [-0.2, -0.15) is 18.3 Å². The van der Waals surface area contributed by atoms with E-state index in [1.54, 1.807) is 4.90 Å². The Morgan fingerprint density at radius 3 is 2.71 bits per heavy atom. The zero-order valence-electron chi connectivity index (χ0n) is 17.3. The molecular formula is C21H26F3N5O2. The second-order valence-electron chi connectivity index (χ2n) is 8.23. The average Bonchev–Trinajstić information content (AvgIpc) is 3.15. The molecule has 2 aliphatic heterocycles. The molecule has 31 heavy (non-hydrogen) atoms. The second kappa shape index (κ2) is 8.39. The van der Waals surface area contributed by atoms with Gasteiger partial charge in [0.1, 0.15) is 12.4 Å². The standard InChI is InChI=1S/C21H26F3N5O2/c1-2-6-17-26-27-19-20(31)28(15-9-3-4-10-16(15)29(17)19)12-18(30)25-14-8-5-7-13(11-14)21(22,23)24/h5,7-8,11,15-16,19,27H,2-4,6,9-10,12H2,1H3,(H,25,30). The van der Waals surface area contributed by atoms with Crippen molar-refractivity contribution in [3.63, 3.8) is 0 Å². The predicted molar refractivity (Wildman–Crippen MR) is 109 cm³/mol. The number of piperazine rings is 1. The van der Waals surface area contributed by atoms with Crippen LogP contribution >= 0.6 is 0 Å². The molecule has 168 valence electrons. The third-order valence-electron chi connectivity index (χ3n) is 6.12. The predicted octanol–water partition coefficient (Wildman–Crippen LogP) is 3.14. The number of carbonyl (C=O) groups excluding carboxylic acids is 2. The number of alkyl halides is 3. The maximum atomic E-state index is 13.2. The zero-order chi connectivity index (χ0) is 22.2. The smallest absolute Gasteiger partial charge is 0.325 e. The van der Waals surface area contributed by atoms with Gasteiger partial charge in [-0.25, -0.2) is 0 Å². The first-order chi connectivity index (χ1) is 14.8. The average molecular weight is 437 g/mol. The fourth-order valence-corrected chi connectivity index (χ4v) is 4.79. The lowest BCUT2D eigenvalue weighted by molar-refractivity contribution is -0.151. The van der Waals surface area contributed by atoms with E-state index in [4.69, 9.17) is 0 Å². The van der Waals surface area contributed by atoms with Crippen molar-refractivity contribution in [3.8, 4) is 0 Å². The van der Waals surface area contributed by atoms with E-state index in [2.05, 4.69) is 27.7 Å². The van der Waals surface area contributed by atoms with Gasteiger partial charge in [-0.15, -0.1) is 0 Å². The molecule has 1 saturated heterocycles. The molecule has 2 fully saturated rings. The van der Waals surface area contributed by atoms with Gasteiger partial charge < -0.3 is 15.1 Å². The van der Waals surface area contributed by atoms with Crippen molar-refractivity contribution in [2.45, 2.75) is 69.9 Å². The molecule has 4 rings (SSSR count). The highest BCUT2D eigenvalue weighted by molar-refractivity contribution is 5.98. The van der Waals surface area contributed by atoms with Crippen LogP contribution in [-0.4, -0.2) is 52.2 Å². The molecule has 3 atom stereocenters. The molecule has 3 unspecified atom stereocenters. The monoisotopic (exact) mass is 437 g/mol. The number of amidine groups is 1. The number of carbonyl (C=O) groups is 2. The van der Waals surface area contributed by atoms with Crippen LogP contribution in [0.15, 0.2) is 29.4 Å². The number of rotatable bonds is 5. The van der Waals surface area contributed by atoms with Crippen LogP contribution < -0.4 is 10.7 Å². The highest BCUT2D eigenvalue weighted by Gasteiger charge is 2.51. The Balaban J connectivity index is 1.49. The Morgan fingerprint density at radius 1 is 1.26 bits per heavy atom. The first-order valence-corrected chi connectivity index (χ1v) is 10.7. The van der Waals surface area contributed by atoms with Crippen molar-refractivity contribution in [3.05, 3.63) is 29.8 Å². The van der Waals surface area contributed by atoms with Crippen LogP contribution in [0.1, 0.15) is 51.0 Å². The number of nitrogens with one attached hydrogen (secondary N) is 2. The summed E-state index contributed by atoms with van der Waals surface area (Å²) in [6, 6.07) is 4.45. The van der Waals surface area contributed by atoms with Gasteiger partial charge in [-0.3, -0.25) is 15.0 Å². The number of fused-ring (bicyclic) bond motifs is 3. The summed E-state index contributed by atoms with van der Waals surface area (Å²) in [6.07, 6.45) is 0.276. The summed E-state index contributed by atoms with van der Waals surface area (Å²) < 4.78 is 38.8. The minimum Gasteiger partial charge on any atom is -0.325 e. The lowest BCUT2D eigenvalue weighted by Gasteiger charge is -2.51. The Morgan fingerprint density at radius 2 is 2.00 bits per heavy atom. The van der Waals surface area contributed by atoms with Crippen molar-refractivity contribution < 1.29 is 22.8 Å². The van der Waals surface area contributed by atoms with E-state index >= 15 is 0 Å². The maximum absolute atomic E-state index is 13.2. The fraction of sp³-hybridized carbons (Fsp3) is 0.571. The minimum absolute atomic E-state index is 0.0543. The van der Waals surface area contributed by atoms with Crippen LogP contribution in [0.2, 0.25) is 0 Å². The van der Waals surface area contributed by atoms with Gasteiger partial charge in [0.25, 0.3) is 5.91 Å². The third kappa shape index (κ3) is 4.20. The molecular weight excluding hydrogens is 411 g/mol. The second-order valence-corrected chi connectivity index (χ2v) is 8.23. The van der Waals surface area contributed by atoms with Gasteiger partial charge in [0.15, 0.2) is 6.17 Å². The van der Waals surface area contributed by atoms with Gasteiger partial charge in [-0.1, -0.05) is 25.8 Å². The first kappa shape index (κ1) is 21.5. The Labute approximate surface area is 178 Å². The van der Waals surface area contributed by atoms with Gasteiger partial charge in [-0.05, 0) is 37.5 Å². The molecule has 0 radical (unpaired) electrons. The van der Waals surface area contributed by atoms with Crippen molar-refractivity contribution in [2.75, 3.05) is 11.9 Å². The van der Waals surface area contributed by atoms with E-state index in [9.17, 15) is 22.8 Å². The van der Waals surface area contributed by atoms with E-state index in [1.807, 2.05) is 0 Å². The molecule has 3 aliphatic rings. The van der Waals surface area contributed by atoms with E-state index in [1.165, 1.54) is 12.1 Å². The van der Waals surface area contributed by atoms with E-state index in [0.29, 0.717) is 0 Å². The molecule has 2 N–H and O–H groups in total. The summed E-state index contributed by atoms with van der Waals surface area (Å²) in [5, 5.41) is 6.87. The zero-order valence-corrected chi connectivity index (χ0v) is 17.3. The molecule has 1 aliphatic carbocycles. The first-order valence-electron chi connectivity index (χ1n) is 10.7. The highest BCUT2D eigenvalue weighted by atomic mass is 19.4. The van der Waals surface area contributed by atoms with Crippen LogP contribution in [0, 0.1) is 0 Å². The summed E-state index contributed by atoms with van der Waals surface area (Å²) in [6.45, 7) is 1.86. The number of benzene rings is 1. The van der Waals surface area contributed by atoms with Crippen LogP contribution in [0.25, 0.3) is 0 Å². The van der Waals surface area contributed by atoms with E-state index < -0.39 is 23.8 Å². The number of nitrogens with zero attached hydrogens (tertiary/aromatic N) is 3. The molecule has 1 aromatic carbocycles. The summed E-state index contributed by atoms with van der Waals surface area (Å²) in [5.41, 5.74) is 2.14. The van der Waals surface area contributed by atoms with E-state index in [-0.39, 0.29) is 30.2 Å². The van der Waals surface area contributed by atoms with Gasteiger partial charge >= 0.3 is 6.18 Å². The highest BCUT2D eigenvalue weighted by Crippen LogP contribution is 2.35. The maximum Gasteiger partial charge on any atom is 0.416 e. The number of anilines is 1. The van der Waals surface area contributed by atoms with Gasteiger partial charge in [0.2, 0.25) is 5.91 Å². The summed E-state index contributed by atoms with van der Waals surface area (Å²) >= 11 is 0. The molecule has 1 aromatic rings. The number of hydrogen-bond donors (Lipinski definition) is 2. The third-order valence-corrected chi connectivity index (χ3v) is 6.12. The summed E-state index contributed by atoms with van der Waals surface area (Å²) in [4.78, 5) is 29.5. The SMILES string of the molecule is CCCC1=NNC2C(=O)N(CC(=O)Nc3cccc(C(F)(F)F)c3)C3CCCCC3N12. The molecule has 0 bridgehead atoms. The fourth-order valence-electron chi connectivity index (χ4n) is 4.79. The van der Waals surface area contributed by atoms with Crippen LogP contribution in [0.5, 0.6) is 0 Å². The Bertz CT molecular complexity index is 888. The molecule has 7 nitrogen and oxygen atoms in total. The minimum atomic E-state index is -4.49. The van der Waals surface area contributed by atoms with Crippen molar-refractivity contribution >= 4 is 23.3 Å². The number of halogens is 3. The lowest BCUT2D eigenvalue weighted by Crippen LogP contribution is -2.69. The summed E-state index contributed by atoms with van der Waals surface area (Å²) in [5.74, 6) is 0.140. The van der Waals surface area contributed by atoms with Gasteiger partial charge in [0.05, 0.1) is 17.6 Å². The van der Waals surface area contributed by atoms with Gasteiger partial charge in [0, 0.05) is 12.1 Å². The van der Waals surface area contributed by atoms with Crippen LogP contribution in [-0.2, 0) is 15.8 Å². The topological polar surface area (TPSA) is 77.0 Å². The van der Waals surface area contributed by atoms with Crippen molar-refractivity contribution in [2.24, 2.45) is 5.10 Å². The molecule has 2 amide bonds. The van der Waals surface area contributed by atoms with Crippen LogP contribution in [0.4, 0.5) is 18.9 Å². The quantitative estimate of drug-likeness (QED) is 0.742. The molecule has 0 aromatic heterocycles. The van der Waals surface area contributed by atoms with Crippen LogP contribution in [0.3, 0.4) is 0 Å². The van der Waals surface area contributed by atoms with E-state index in [0.717, 1.165) is 56.5 Å². The summed E-state index contributed by atoms with van der Waals surface area (Å²) in [7, 11) is 0. The molecule has 2 heterocycles. The largest absolute Gasteiger partial charge is 0.416 e. The van der Waals surface area contributed by atoms with Crippen molar-refractivity contribution in [1.82, 2.24) is 15.2 Å². The number of amides is 2. The normalized spacial score (nSPS) is 25.5. The number of hydrogen-bond acceptors (Lipinski definition) is 5.